The van der Waals surface area contributed by atoms with Crippen molar-refractivity contribution in [3.05, 3.63) is 29.8 Å². The van der Waals surface area contributed by atoms with Crippen molar-refractivity contribution in [2.45, 2.75) is 6.54 Å². The molecule has 0 atom stereocenters. The number of nitrogens with two attached hydrogens (primary N) is 1. The molecule has 0 saturated carbocycles. The number of pyridine rings is 1. The van der Waals surface area contributed by atoms with E-state index in [1.165, 1.54) is 6.07 Å². The molecule has 1 rings (SSSR count). The van der Waals surface area contributed by atoms with Crippen molar-refractivity contribution < 1.29 is 4.39 Å². The van der Waals surface area contributed by atoms with Crippen molar-refractivity contribution in [1.29, 1.82) is 0 Å². The van der Waals surface area contributed by atoms with Gasteiger partial charge in [-0.15, -0.1) is 24.8 Å². The summed E-state index contributed by atoms with van der Waals surface area (Å²) < 4.78 is 12.2. The minimum atomic E-state index is -0.335. The van der Waals surface area contributed by atoms with Gasteiger partial charge in [0.2, 0.25) is 0 Å². The summed E-state index contributed by atoms with van der Waals surface area (Å²) in [6.07, 6.45) is 2.70. The molecular weight excluding hydrogens is 190 g/mol. The van der Waals surface area contributed by atoms with Gasteiger partial charge in [0.05, 0.1) is 6.20 Å². The van der Waals surface area contributed by atoms with E-state index in [2.05, 4.69) is 4.98 Å². The standard InChI is InChI=1S/C6H7FN2.2ClH/c7-6-1-5(2-8)3-9-4-6;;/h1,3-4H,2,8H2;2*1H. The number of hydrogen-bond acceptors (Lipinski definition) is 2. The molecule has 2 N–H and O–H groups in total. The van der Waals surface area contributed by atoms with E-state index in [0.717, 1.165) is 11.8 Å². The highest BCUT2D eigenvalue weighted by molar-refractivity contribution is 5.85. The first-order valence-electron chi connectivity index (χ1n) is 2.62. The summed E-state index contributed by atoms with van der Waals surface area (Å²) in [5.74, 6) is -0.335. The Morgan fingerprint density at radius 1 is 1.36 bits per heavy atom. The van der Waals surface area contributed by atoms with E-state index >= 15 is 0 Å². The van der Waals surface area contributed by atoms with E-state index in [-0.39, 0.29) is 30.6 Å². The molecule has 1 aromatic rings. The zero-order chi connectivity index (χ0) is 6.69. The lowest BCUT2D eigenvalue weighted by Gasteiger charge is -1.92. The van der Waals surface area contributed by atoms with Crippen LogP contribution < -0.4 is 5.73 Å². The molecule has 1 aromatic heterocycles. The molecule has 11 heavy (non-hydrogen) atoms. The van der Waals surface area contributed by atoms with Crippen LogP contribution in [0.3, 0.4) is 0 Å². The van der Waals surface area contributed by atoms with Gasteiger partial charge in [-0.25, -0.2) is 4.39 Å². The monoisotopic (exact) mass is 198 g/mol. The number of aromatic nitrogens is 1. The molecule has 64 valence electrons. The van der Waals surface area contributed by atoms with Gasteiger partial charge >= 0.3 is 0 Å². The lowest BCUT2D eigenvalue weighted by molar-refractivity contribution is 0.618. The normalized spacial score (nSPS) is 7.82. The fourth-order valence-electron chi connectivity index (χ4n) is 0.567. The van der Waals surface area contributed by atoms with Gasteiger partial charge in [-0.1, -0.05) is 0 Å². The van der Waals surface area contributed by atoms with Gasteiger partial charge < -0.3 is 5.73 Å². The fraction of sp³-hybridized carbons (Fsp3) is 0.167. The van der Waals surface area contributed by atoms with Crippen LogP contribution in [-0.2, 0) is 6.54 Å². The van der Waals surface area contributed by atoms with Crippen molar-refractivity contribution in [3.63, 3.8) is 0 Å². The molecule has 0 spiro atoms. The van der Waals surface area contributed by atoms with Gasteiger partial charge in [0.25, 0.3) is 0 Å². The summed E-state index contributed by atoms with van der Waals surface area (Å²) in [6, 6.07) is 1.37. The smallest absolute Gasteiger partial charge is 0.141 e. The number of nitrogens with zero attached hydrogens (tertiary/aromatic N) is 1. The minimum Gasteiger partial charge on any atom is -0.326 e. The second kappa shape index (κ2) is 6.34. The maximum absolute atomic E-state index is 12.2. The third-order valence-electron chi connectivity index (χ3n) is 0.997. The molecule has 1 heterocycles. The van der Waals surface area contributed by atoms with Crippen LogP contribution in [0.1, 0.15) is 5.56 Å². The zero-order valence-corrected chi connectivity index (χ0v) is 7.29. The first-order valence-corrected chi connectivity index (χ1v) is 2.62. The maximum Gasteiger partial charge on any atom is 0.141 e. The van der Waals surface area contributed by atoms with Crippen LogP contribution >= 0.6 is 24.8 Å². The van der Waals surface area contributed by atoms with E-state index in [0.29, 0.717) is 6.54 Å². The molecule has 0 saturated heterocycles. The SMILES string of the molecule is Cl.Cl.NCc1cncc(F)c1. The molecule has 0 bridgehead atoms. The van der Waals surface area contributed by atoms with Crippen LogP contribution in [0, 0.1) is 5.82 Å². The number of halogens is 3. The molecule has 0 aromatic carbocycles. The van der Waals surface area contributed by atoms with Crippen LogP contribution in [0.4, 0.5) is 4.39 Å². The lowest BCUT2D eigenvalue weighted by atomic mass is 10.3. The van der Waals surface area contributed by atoms with E-state index in [1.54, 1.807) is 6.20 Å². The Bertz CT molecular complexity index is 208. The second-order valence-electron chi connectivity index (χ2n) is 1.72. The maximum atomic E-state index is 12.2. The molecule has 0 radical (unpaired) electrons. The Balaban J connectivity index is 0. The van der Waals surface area contributed by atoms with Crippen molar-refractivity contribution in [1.82, 2.24) is 4.98 Å². The summed E-state index contributed by atoms with van der Waals surface area (Å²) in [6.45, 7) is 0.338. The minimum absolute atomic E-state index is 0. The van der Waals surface area contributed by atoms with Crippen LogP contribution in [0.5, 0.6) is 0 Å². The Kier molecular flexibility index (Phi) is 7.62. The molecule has 0 unspecified atom stereocenters. The quantitative estimate of drug-likeness (QED) is 0.744. The predicted molar refractivity (Wildman–Crippen MR) is 46.6 cm³/mol. The van der Waals surface area contributed by atoms with Gasteiger partial charge in [0, 0.05) is 12.7 Å². The lowest BCUT2D eigenvalue weighted by Crippen LogP contribution is -1.96. The summed E-state index contributed by atoms with van der Waals surface area (Å²) >= 11 is 0. The average molecular weight is 199 g/mol. The van der Waals surface area contributed by atoms with Crippen LogP contribution in [0.15, 0.2) is 18.5 Å². The zero-order valence-electron chi connectivity index (χ0n) is 5.66. The van der Waals surface area contributed by atoms with E-state index in [9.17, 15) is 4.39 Å². The highest BCUT2D eigenvalue weighted by Crippen LogP contribution is 1.97. The molecule has 2 nitrogen and oxygen atoms in total. The average Bonchev–Trinajstić information content (AvgIpc) is 1.88. The Labute approximate surface area is 76.8 Å². The fourth-order valence-corrected chi connectivity index (χ4v) is 0.567. The summed E-state index contributed by atoms with van der Waals surface area (Å²) in [5, 5.41) is 0. The molecule has 0 amide bonds. The topological polar surface area (TPSA) is 38.9 Å². The van der Waals surface area contributed by atoms with Crippen molar-refractivity contribution in [2.75, 3.05) is 0 Å². The van der Waals surface area contributed by atoms with Crippen LogP contribution in [0.25, 0.3) is 0 Å². The van der Waals surface area contributed by atoms with E-state index in [1.807, 2.05) is 0 Å². The van der Waals surface area contributed by atoms with Gasteiger partial charge in [-0.3, -0.25) is 4.98 Å². The Morgan fingerprint density at radius 2 is 2.00 bits per heavy atom. The Morgan fingerprint density at radius 3 is 2.36 bits per heavy atom. The predicted octanol–water partition coefficient (Wildman–Crippen LogP) is 1.52. The summed E-state index contributed by atoms with van der Waals surface area (Å²) in [4.78, 5) is 3.60. The van der Waals surface area contributed by atoms with Gasteiger partial charge in [0.1, 0.15) is 5.82 Å². The van der Waals surface area contributed by atoms with Gasteiger partial charge in [-0.2, -0.15) is 0 Å². The molecule has 0 aliphatic rings. The van der Waals surface area contributed by atoms with Crippen molar-refractivity contribution in [3.8, 4) is 0 Å². The van der Waals surface area contributed by atoms with Gasteiger partial charge in [0.15, 0.2) is 0 Å². The highest BCUT2D eigenvalue weighted by atomic mass is 35.5. The summed E-state index contributed by atoms with van der Waals surface area (Å²) in [7, 11) is 0. The number of rotatable bonds is 1. The third-order valence-corrected chi connectivity index (χ3v) is 0.997. The third kappa shape index (κ3) is 4.14. The highest BCUT2D eigenvalue weighted by Gasteiger charge is 1.90. The molecule has 0 fully saturated rings. The number of hydrogen-bond donors (Lipinski definition) is 1. The molecule has 0 aliphatic heterocycles. The van der Waals surface area contributed by atoms with Crippen molar-refractivity contribution in [2.24, 2.45) is 5.73 Å². The molecule has 0 aliphatic carbocycles. The van der Waals surface area contributed by atoms with Gasteiger partial charge in [-0.05, 0) is 11.6 Å². The van der Waals surface area contributed by atoms with Crippen molar-refractivity contribution >= 4 is 24.8 Å². The van der Waals surface area contributed by atoms with E-state index in [4.69, 9.17) is 5.73 Å². The molecular formula is C6H9Cl2FN2. The molecule has 5 heteroatoms. The van der Waals surface area contributed by atoms with Crippen LogP contribution in [-0.4, -0.2) is 4.98 Å². The Hall–Kier alpha value is -0.380. The first-order chi connectivity index (χ1) is 4.33. The second-order valence-corrected chi connectivity index (χ2v) is 1.72. The summed E-state index contributed by atoms with van der Waals surface area (Å²) in [5.41, 5.74) is 5.93. The largest absolute Gasteiger partial charge is 0.326 e. The first kappa shape index (κ1) is 13.2. The van der Waals surface area contributed by atoms with Crippen LogP contribution in [0.2, 0.25) is 0 Å². The van der Waals surface area contributed by atoms with E-state index < -0.39 is 0 Å².